The standard InChI is InChI=1S/C11H13F/c1-8-3-4-10(7-9(8)2)11(12)5-6-11/h3-4,7H,5-6H2,1-2H3. The zero-order chi connectivity index (χ0) is 8.77. The van der Waals surface area contributed by atoms with Gasteiger partial charge in [-0.2, -0.15) is 0 Å². The smallest absolute Gasteiger partial charge is 0.136 e. The van der Waals surface area contributed by atoms with Crippen molar-refractivity contribution >= 4 is 0 Å². The summed E-state index contributed by atoms with van der Waals surface area (Å²) in [6, 6.07) is 5.89. The molecular formula is C11H13F. The van der Waals surface area contributed by atoms with E-state index in [4.69, 9.17) is 0 Å². The Morgan fingerprint density at radius 3 is 2.33 bits per heavy atom. The third-order valence-electron chi connectivity index (χ3n) is 2.71. The molecule has 0 saturated heterocycles. The van der Waals surface area contributed by atoms with Gasteiger partial charge in [-0.1, -0.05) is 18.2 Å². The molecule has 0 N–H and O–H groups in total. The fourth-order valence-corrected chi connectivity index (χ4v) is 1.42. The second-order valence-electron chi connectivity index (χ2n) is 3.76. The third-order valence-corrected chi connectivity index (χ3v) is 2.71. The summed E-state index contributed by atoms with van der Waals surface area (Å²) in [5.74, 6) is 0. The highest BCUT2D eigenvalue weighted by atomic mass is 19.1. The van der Waals surface area contributed by atoms with Gasteiger partial charge in [0.2, 0.25) is 0 Å². The van der Waals surface area contributed by atoms with Crippen molar-refractivity contribution in [2.75, 3.05) is 0 Å². The molecule has 1 aromatic rings. The fourth-order valence-electron chi connectivity index (χ4n) is 1.42. The van der Waals surface area contributed by atoms with E-state index in [1.165, 1.54) is 11.1 Å². The molecule has 0 unspecified atom stereocenters. The summed E-state index contributed by atoms with van der Waals surface area (Å²) in [5, 5.41) is 0. The molecule has 0 aromatic heterocycles. The summed E-state index contributed by atoms with van der Waals surface area (Å²) in [7, 11) is 0. The van der Waals surface area contributed by atoms with Crippen LogP contribution in [0.1, 0.15) is 29.5 Å². The monoisotopic (exact) mass is 164 g/mol. The lowest BCUT2D eigenvalue weighted by Crippen LogP contribution is -1.98. The minimum Gasteiger partial charge on any atom is -0.239 e. The highest BCUT2D eigenvalue weighted by molar-refractivity contribution is 5.35. The molecule has 0 atom stereocenters. The first-order valence-corrected chi connectivity index (χ1v) is 4.38. The van der Waals surface area contributed by atoms with Gasteiger partial charge in [-0.3, -0.25) is 0 Å². The Morgan fingerprint density at radius 2 is 1.83 bits per heavy atom. The van der Waals surface area contributed by atoms with Crippen molar-refractivity contribution in [3.8, 4) is 0 Å². The lowest BCUT2D eigenvalue weighted by Gasteiger charge is -2.07. The molecule has 1 heteroatoms. The first kappa shape index (κ1) is 7.78. The average Bonchev–Trinajstić information content (AvgIpc) is 2.75. The van der Waals surface area contributed by atoms with Crippen molar-refractivity contribution in [3.05, 3.63) is 34.9 Å². The molecule has 0 nitrogen and oxygen atoms in total. The summed E-state index contributed by atoms with van der Waals surface area (Å²) >= 11 is 0. The topological polar surface area (TPSA) is 0 Å². The van der Waals surface area contributed by atoms with Crippen molar-refractivity contribution in [2.24, 2.45) is 0 Å². The molecule has 0 amide bonds. The van der Waals surface area contributed by atoms with Gasteiger partial charge in [0, 0.05) is 0 Å². The van der Waals surface area contributed by atoms with Crippen LogP contribution in [0.4, 0.5) is 4.39 Å². The molecule has 1 fully saturated rings. The van der Waals surface area contributed by atoms with Crippen molar-refractivity contribution < 1.29 is 4.39 Å². The third kappa shape index (κ3) is 1.13. The van der Waals surface area contributed by atoms with Gasteiger partial charge in [0.25, 0.3) is 0 Å². The first-order chi connectivity index (χ1) is 5.62. The van der Waals surface area contributed by atoms with E-state index in [0.717, 1.165) is 5.56 Å². The predicted molar refractivity (Wildman–Crippen MR) is 47.9 cm³/mol. The van der Waals surface area contributed by atoms with Crippen LogP contribution in [0, 0.1) is 13.8 Å². The Balaban J connectivity index is 2.41. The molecule has 1 aliphatic carbocycles. The lowest BCUT2D eigenvalue weighted by molar-refractivity contribution is 0.317. The van der Waals surface area contributed by atoms with Gasteiger partial charge in [0.05, 0.1) is 0 Å². The number of rotatable bonds is 1. The maximum atomic E-state index is 13.5. The van der Waals surface area contributed by atoms with E-state index in [9.17, 15) is 4.39 Å². The summed E-state index contributed by atoms with van der Waals surface area (Å²) in [5.41, 5.74) is 2.32. The van der Waals surface area contributed by atoms with Gasteiger partial charge in [-0.15, -0.1) is 0 Å². The fraction of sp³-hybridized carbons (Fsp3) is 0.455. The number of aryl methyl sites for hydroxylation is 2. The minimum atomic E-state index is -0.974. The van der Waals surface area contributed by atoms with Crippen LogP contribution >= 0.6 is 0 Å². The van der Waals surface area contributed by atoms with Crippen LogP contribution in [0.2, 0.25) is 0 Å². The van der Waals surface area contributed by atoms with Gasteiger partial charge in [-0.25, -0.2) is 4.39 Å². The Kier molecular flexibility index (Phi) is 1.50. The number of hydrogen-bond donors (Lipinski definition) is 0. The predicted octanol–water partition coefficient (Wildman–Crippen LogP) is 3.26. The number of hydrogen-bond acceptors (Lipinski definition) is 0. The molecule has 0 heterocycles. The quantitative estimate of drug-likeness (QED) is 0.597. The van der Waals surface area contributed by atoms with Crippen molar-refractivity contribution in [3.63, 3.8) is 0 Å². The molecule has 0 radical (unpaired) electrons. The molecule has 1 aromatic carbocycles. The van der Waals surface area contributed by atoms with E-state index in [1.807, 2.05) is 25.1 Å². The van der Waals surface area contributed by atoms with Gasteiger partial charge in [0.1, 0.15) is 5.67 Å². The highest BCUT2D eigenvalue weighted by Crippen LogP contribution is 2.49. The summed E-state index contributed by atoms with van der Waals surface area (Å²) in [4.78, 5) is 0. The van der Waals surface area contributed by atoms with Crippen LogP contribution < -0.4 is 0 Å². The van der Waals surface area contributed by atoms with Crippen molar-refractivity contribution in [2.45, 2.75) is 32.4 Å². The second kappa shape index (κ2) is 2.32. The van der Waals surface area contributed by atoms with Gasteiger partial charge < -0.3 is 0 Å². The van der Waals surface area contributed by atoms with Crippen molar-refractivity contribution in [1.82, 2.24) is 0 Å². The summed E-state index contributed by atoms with van der Waals surface area (Å²) in [6.45, 7) is 4.08. The molecule has 2 rings (SSSR count). The van der Waals surface area contributed by atoms with Crippen LogP contribution in [0.25, 0.3) is 0 Å². The van der Waals surface area contributed by atoms with Gasteiger partial charge in [-0.05, 0) is 43.4 Å². The van der Waals surface area contributed by atoms with E-state index < -0.39 is 5.67 Å². The van der Waals surface area contributed by atoms with E-state index >= 15 is 0 Å². The molecule has 12 heavy (non-hydrogen) atoms. The largest absolute Gasteiger partial charge is 0.239 e. The number of halogens is 1. The molecule has 1 aliphatic rings. The van der Waals surface area contributed by atoms with Crippen LogP contribution in [-0.2, 0) is 5.67 Å². The van der Waals surface area contributed by atoms with Crippen LogP contribution in [0.15, 0.2) is 18.2 Å². The molecule has 1 saturated carbocycles. The average molecular weight is 164 g/mol. The zero-order valence-electron chi connectivity index (χ0n) is 7.52. The Hall–Kier alpha value is -0.850. The first-order valence-electron chi connectivity index (χ1n) is 4.38. The minimum absolute atomic E-state index is 0.704. The highest BCUT2D eigenvalue weighted by Gasteiger charge is 2.44. The molecule has 0 bridgehead atoms. The second-order valence-corrected chi connectivity index (χ2v) is 3.76. The van der Waals surface area contributed by atoms with E-state index in [1.54, 1.807) is 0 Å². The Bertz CT molecular complexity index is 311. The normalized spacial score (nSPS) is 19.2. The van der Waals surface area contributed by atoms with Crippen LogP contribution in [0.5, 0.6) is 0 Å². The molecular weight excluding hydrogens is 151 g/mol. The number of benzene rings is 1. The Morgan fingerprint density at radius 1 is 1.17 bits per heavy atom. The zero-order valence-corrected chi connectivity index (χ0v) is 7.52. The molecule has 64 valence electrons. The molecule has 0 spiro atoms. The summed E-state index contributed by atoms with van der Waals surface area (Å²) in [6.07, 6.45) is 1.41. The lowest BCUT2D eigenvalue weighted by atomic mass is 10.0. The SMILES string of the molecule is Cc1ccc(C2(F)CC2)cc1C. The number of alkyl halides is 1. The van der Waals surface area contributed by atoms with Gasteiger partial charge >= 0.3 is 0 Å². The van der Waals surface area contributed by atoms with Crippen LogP contribution in [-0.4, -0.2) is 0 Å². The van der Waals surface area contributed by atoms with E-state index in [-0.39, 0.29) is 0 Å². The van der Waals surface area contributed by atoms with Crippen LogP contribution in [0.3, 0.4) is 0 Å². The van der Waals surface area contributed by atoms with Crippen molar-refractivity contribution in [1.29, 1.82) is 0 Å². The van der Waals surface area contributed by atoms with E-state index in [0.29, 0.717) is 12.8 Å². The maximum absolute atomic E-state index is 13.5. The van der Waals surface area contributed by atoms with Gasteiger partial charge in [0.15, 0.2) is 0 Å². The summed E-state index contributed by atoms with van der Waals surface area (Å²) < 4.78 is 13.5. The Labute approximate surface area is 72.4 Å². The van der Waals surface area contributed by atoms with E-state index in [2.05, 4.69) is 6.92 Å². The molecule has 0 aliphatic heterocycles. The maximum Gasteiger partial charge on any atom is 0.136 e.